The maximum Gasteiger partial charge on any atom is 0.319 e. The van der Waals surface area contributed by atoms with E-state index in [9.17, 15) is 13.6 Å². The molecule has 0 spiro atoms. The highest BCUT2D eigenvalue weighted by Gasteiger charge is 2.49. The van der Waals surface area contributed by atoms with Crippen molar-refractivity contribution in [1.29, 1.82) is 0 Å². The molecule has 3 fully saturated rings. The van der Waals surface area contributed by atoms with Crippen molar-refractivity contribution in [3.05, 3.63) is 71.3 Å². The van der Waals surface area contributed by atoms with Crippen molar-refractivity contribution in [3.63, 3.8) is 0 Å². The molecule has 8 nitrogen and oxygen atoms in total. The predicted octanol–water partition coefficient (Wildman–Crippen LogP) is 5.55. The molecule has 3 saturated heterocycles. The van der Waals surface area contributed by atoms with Crippen LogP contribution in [0.15, 0.2) is 48.8 Å². The lowest BCUT2D eigenvalue weighted by atomic mass is 9.86. The second-order valence-corrected chi connectivity index (χ2v) is 12.9. The largest absolute Gasteiger partial charge is 0.461 e. The van der Waals surface area contributed by atoms with Crippen LogP contribution in [0.4, 0.5) is 14.6 Å². The van der Waals surface area contributed by atoms with Crippen molar-refractivity contribution < 1.29 is 18.3 Å². The molecular weight excluding hydrogens is 574 g/mol. The number of hydrogen-bond acceptors (Lipinski definition) is 6. The van der Waals surface area contributed by atoms with Gasteiger partial charge in [0.25, 0.3) is 5.91 Å². The van der Waals surface area contributed by atoms with Gasteiger partial charge in [0.2, 0.25) is 6.54 Å². The zero-order valence-corrected chi connectivity index (χ0v) is 25.5. The quantitative estimate of drug-likeness (QED) is 0.258. The zero-order chi connectivity index (χ0) is 31.1. The van der Waals surface area contributed by atoms with Crippen molar-refractivity contribution in [2.45, 2.75) is 62.7 Å². The Hall–Kier alpha value is -4.10. The average Bonchev–Trinajstić information content (AvgIpc) is 3.58. The number of carbonyl (C=O) groups excluding carboxylic acids is 1. The third-order valence-corrected chi connectivity index (χ3v) is 10.2. The summed E-state index contributed by atoms with van der Waals surface area (Å²) < 4.78 is 34.7. The second-order valence-electron chi connectivity index (χ2n) is 12.9. The SMILES string of the molecule is [C-]#[N+]C[C@H]1CN(c2nc(OCC34CCCN3C[C@H](F)C4)nc3cc(-c4cccc5c4CCCC5)ccc23)CCN1C(=O)C(=C)F. The van der Waals surface area contributed by atoms with Gasteiger partial charge in [0.1, 0.15) is 24.6 Å². The fraction of sp³-hybridized carbons (Fsp3) is 0.486. The number of alkyl halides is 1. The van der Waals surface area contributed by atoms with Crippen LogP contribution in [0, 0.1) is 6.57 Å². The number of rotatable bonds is 7. The third kappa shape index (κ3) is 5.52. The first kappa shape index (κ1) is 29.6. The standard InChI is InChI=1S/C35H38F2N6O2/c1-23(36)33(44)43-16-15-41(21-27(43)19-38-2)32-30-12-11-25(29-10-5-8-24-7-3-4-9-28(24)29)17-31(30)39-34(40-32)45-22-35-13-6-14-42(35)20-26(37)18-35/h5,8,10-12,17,26-27H,1,3-4,6-7,9,13-16,18-22H2/t26-,27+,35?/m1/s1. The number of anilines is 1. The van der Waals surface area contributed by atoms with Crippen molar-refractivity contribution >= 4 is 22.6 Å². The first-order chi connectivity index (χ1) is 21.8. The molecule has 2 aromatic carbocycles. The van der Waals surface area contributed by atoms with Crippen LogP contribution in [0.5, 0.6) is 6.01 Å². The number of aromatic nitrogens is 2. The monoisotopic (exact) mass is 612 g/mol. The van der Waals surface area contributed by atoms with Crippen molar-refractivity contribution in [1.82, 2.24) is 19.8 Å². The van der Waals surface area contributed by atoms with Gasteiger partial charge in [0.05, 0.1) is 11.1 Å². The van der Waals surface area contributed by atoms with Crippen LogP contribution in [-0.4, -0.2) is 89.3 Å². The van der Waals surface area contributed by atoms with Crippen molar-refractivity contribution in [2.24, 2.45) is 0 Å². The van der Waals surface area contributed by atoms with E-state index in [-0.39, 0.29) is 24.6 Å². The molecule has 3 aromatic rings. The number of benzene rings is 2. The summed E-state index contributed by atoms with van der Waals surface area (Å²) in [5.74, 6) is -1.16. The second kappa shape index (κ2) is 12.0. The first-order valence-corrected chi connectivity index (χ1v) is 16.0. The smallest absolute Gasteiger partial charge is 0.319 e. The van der Waals surface area contributed by atoms with Crippen LogP contribution in [0.3, 0.4) is 0 Å². The van der Waals surface area contributed by atoms with Gasteiger partial charge in [-0.2, -0.15) is 9.97 Å². The third-order valence-electron chi connectivity index (χ3n) is 10.2. The summed E-state index contributed by atoms with van der Waals surface area (Å²) in [5, 5.41) is 0.831. The summed E-state index contributed by atoms with van der Waals surface area (Å²) in [5.41, 5.74) is 5.49. The minimum absolute atomic E-state index is 0.0356. The molecule has 3 aliphatic heterocycles. The van der Waals surface area contributed by atoms with Gasteiger partial charge < -0.3 is 19.4 Å². The number of aryl methyl sites for hydroxylation is 1. The van der Waals surface area contributed by atoms with Crippen LogP contribution < -0.4 is 9.64 Å². The van der Waals surface area contributed by atoms with Crippen LogP contribution >= 0.6 is 0 Å². The number of fused-ring (bicyclic) bond motifs is 3. The Balaban J connectivity index is 1.27. The van der Waals surface area contributed by atoms with Gasteiger partial charge >= 0.3 is 6.01 Å². The van der Waals surface area contributed by atoms with E-state index in [2.05, 4.69) is 46.7 Å². The van der Waals surface area contributed by atoms with E-state index in [1.807, 2.05) is 11.0 Å². The lowest BCUT2D eigenvalue weighted by molar-refractivity contribution is -0.131. The Bertz CT molecular complexity index is 1690. The Kier molecular flexibility index (Phi) is 7.90. The maximum atomic E-state index is 14.5. The summed E-state index contributed by atoms with van der Waals surface area (Å²) in [7, 11) is 0. The van der Waals surface area contributed by atoms with Gasteiger partial charge in [0.15, 0.2) is 5.83 Å². The van der Waals surface area contributed by atoms with Crippen molar-refractivity contribution in [3.8, 4) is 17.1 Å². The van der Waals surface area contributed by atoms with Crippen LogP contribution in [0.1, 0.15) is 43.2 Å². The number of halogens is 2. The fourth-order valence-corrected chi connectivity index (χ4v) is 8.00. The Morgan fingerprint density at radius 3 is 2.82 bits per heavy atom. The van der Waals surface area contributed by atoms with E-state index in [0.29, 0.717) is 38.5 Å². The Morgan fingerprint density at radius 2 is 1.98 bits per heavy atom. The predicted molar refractivity (Wildman–Crippen MR) is 170 cm³/mol. The van der Waals surface area contributed by atoms with E-state index in [4.69, 9.17) is 21.3 Å². The highest BCUT2D eigenvalue weighted by molar-refractivity contribution is 5.94. The van der Waals surface area contributed by atoms with Gasteiger partial charge in [-0.1, -0.05) is 30.8 Å². The molecule has 4 aliphatic rings. The average molecular weight is 613 g/mol. The molecule has 0 bridgehead atoms. The van der Waals surface area contributed by atoms with Gasteiger partial charge in [-0.15, -0.1) is 0 Å². The molecule has 234 valence electrons. The van der Waals surface area contributed by atoms with Gasteiger partial charge in [-0.25, -0.2) is 15.4 Å². The molecule has 0 N–H and O–H groups in total. The Labute approximate surface area is 262 Å². The number of nitrogens with zero attached hydrogens (tertiary/aromatic N) is 6. The molecule has 1 aliphatic carbocycles. The number of amides is 1. The lowest BCUT2D eigenvalue weighted by Gasteiger charge is -2.39. The summed E-state index contributed by atoms with van der Waals surface area (Å²) in [6.45, 7) is 13.2. The summed E-state index contributed by atoms with van der Waals surface area (Å²) in [4.78, 5) is 31.5. The van der Waals surface area contributed by atoms with Crippen LogP contribution in [-0.2, 0) is 17.6 Å². The minimum Gasteiger partial charge on any atom is -0.461 e. The zero-order valence-electron chi connectivity index (χ0n) is 25.5. The molecule has 1 aromatic heterocycles. The summed E-state index contributed by atoms with van der Waals surface area (Å²) in [6.07, 6.45) is 6.02. The summed E-state index contributed by atoms with van der Waals surface area (Å²) in [6, 6.07) is 12.5. The highest BCUT2D eigenvalue weighted by Crippen LogP contribution is 2.41. The lowest BCUT2D eigenvalue weighted by Crippen LogP contribution is -2.56. The number of hydrogen-bond donors (Lipinski definition) is 0. The molecule has 0 radical (unpaired) electrons. The van der Waals surface area contributed by atoms with Gasteiger partial charge in [0, 0.05) is 38.0 Å². The Morgan fingerprint density at radius 1 is 1.11 bits per heavy atom. The molecule has 1 unspecified atom stereocenters. The topological polar surface area (TPSA) is 66.2 Å². The normalized spacial score (nSPS) is 24.7. The number of piperazine rings is 1. The number of ether oxygens (including phenoxy) is 1. The number of carbonyl (C=O) groups is 1. The molecule has 1 amide bonds. The van der Waals surface area contributed by atoms with E-state index in [1.54, 1.807) is 0 Å². The highest BCUT2D eigenvalue weighted by atomic mass is 19.1. The first-order valence-electron chi connectivity index (χ1n) is 16.0. The molecule has 3 atom stereocenters. The van der Waals surface area contributed by atoms with E-state index >= 15 is 0 Å². The minimum atomic E-state index is -1.03. The molecule has 4 heterocycles. The molecule has 45 heavy (non-hydrogen) atoms. The summed E-state index contributed by atoms with van der Waals surface area (Å²) >= 11 is 0. The molecule has 7 rings (SSSR count). The van der Waals surface area contributed by atoms with Crippen molar-refractivity contribution in [2.75, 3.05) is 50.8 Å². The van der Waals surface area contributed by atoms with Gasteiger partial charge in [-0.3, -0.25) is 9.69 Å². The van der Waals surface area contributed by atoms with E-state index in [1.165, 1.54) is 34.4 Å². The van der Waals surface area contributed by atoms with Crippen LogP contribution in [0.2, 0.25) is 0 Å². The molecular formula is C35H38F2N6O2. The van der Waals surface area contributed by atoms with E-state index in [0.717, 1.165) is 48.7 Å². The van der Waals surface area contributed by atoms with Gasteiger partial charge in [-0.05, 0) is 79.5 Å². The maximum absolute atomic E-state index is 14.5. The fourth-order valence-electron chi connectivity index (χ4n) is 8.00. The molecule has 0 saturated carbocycles. The van der Waals surface area contributed by atoms with Crippen LogP contribution in [0.25, 0.3) is 26.9 Å². The molecule has 10 heteroatoms. The van der Waals surface area contributed by atoms with E-state index < -0.39 is 23.9 Å².